The number of benzene rings is 1. The van der Waals surface area contributed by atoms with Gasteiger partial charge in [0.05, 0.1) is 11.0 Å². The number of carbonyl (C=O) groups is 1. The van der Waals surface area contributed by atoms with E-state index in [0.717, 1.165) is 30.2 Å². The quantitative estimate of drug-likeness (QED) is 0.419. The molecule has 8 nitrogen and oxygen atoms in total. The third kappa shape index (κ3) is 4.76. The van der Waals surface area contributed by atoms with E-state index in [1.54, 1.807) is 13.8 Å². The first kappa shape index (κ1) is 25.5. The van der Waals surface area contributed by atoms with Gasteiger partial charge in [0.1, 0.15) is 6.10 Å². The standard InChI is InChI=1S/C30H40N4O4/c1-18(2)38-32-28(30(36)37)27-29(35)34(26-10-6-5-9-25(26)31-27)24-16-21-11-12-22(17-24)33(21)23-14-19-7-3-4-8-20(13-19)15-23/h5-6,9-10,18-24H,3-4,7-8,11-17H2,1-2H3,(H,36,37)/b32-28+/t19?,20?,21-,22+,23?,24?. The van der Waals surface area contributed by atoms with E-state index in [1.807, 2.05) is 28.8 Å². The van der Waals surface area contributed by atoms with Crippen LogP contribution in [-0.4, -0.2) is 55.5 Å². The third-order valence-electron chi connectivity index (χ3n) is 9.48. The van der Waals surface area contributed by atoms with Gasteiger partial charge in [0.2, 0.25) is 5.71 Å². The first-order chi connectivity index (χ1) is 18.4. The van der Waals surface area contributed by atoms with E-state index in [9.17, 15) is 14.7 Å². The predicted octanol–water partition coefficient (Wildman–Crippen LogP) is 5.14. The Bertz CT molecular complexity index is 1260. The van der Waals surface area contributed by atoms with E-state index in [1.165, 1.54) is 57.8 Å². The Morgan fingerprint density at radius 3 is 2.24 bits per heavy atom. The predicted molar refractivity (Wildman–Crippen MR) is 146 cm³/mol. The highest BCUT2D eigenvalue weighted by Crippen LogP contribution is 2.47. The van der Waals surface area contributed by atoms with Crippen molar-refractivity contribution in [3.05, 3.63) is 40.3 Å². The van der Waals surface area contributed by atoms with Crippen LogP contribution >= 0.6 is 0 Å². The molecule has 1 N–H and O–H groups in total. The van der Waals surface area contributed by atoms with Gasteiger partial charge in [-0.25, -0.2) is 9.78 Å². The zero-order valence-corrected chi connectivity index (χ0v) is 22.6. The molecular weight excluding hydrogens is 480 g/mol. The highest BCUT2D eigenvalue weighted by molar-refractivity contribution is 6.41. The van der Waals surface area contributed by atoms with Crippen LogP contribution in [0.15, 0.2) is 34.2 Å². The summed E-state index contributed by atoms with van der Waals surface area (Å²) in [6.45, 7) is 3.53. The number of hydrogen-bond acceptors (Lipinski definition) is 6. The molecule has 4 bridgehead atoms. The van der Waals surface area contributed by atoms with E-state index in [-0.39, 0.29) is 17.8 Å². The van der Waals surface area contributed by atoms with Crippen LogP contribution in [0.2, 0.25) is 0 Å². The molecule has 2 aromatic rings. The number of aliphatic carboxylic acids is 1. The number of rotatable bonds is 6. The SMILES string of the molecule is CC(C)O/N=C(/C(=O)O)c1nc2ccccc2n(C2C[C@H]3CC[C@@H](C2)N3C2CC3CCCCC(C3)C2)c1=O. The fraction of sp³-hybridized carbons (Fsp3) is 0.667. The fourth-order valence-corrected chi connectivity index (χ4v) is 8.11. The van der Waals surface area contributed by atoms with Crippen LogP contribution < -0.4 is 5.56 Å². The second-order valence-corrected chi connectivity index (χ2v) is 12.4. The molecule has 2 aliphatic heterocycles. The zero-order valence-electron chi connectivity index (χ0n) is 22.6. The van der Waals surface area contributed by atoms with Gasteiger partial charge in [-0.2, -0.15) is 0 Å². The van der Waals surface area contributed by atoms with Crippen LogP contribution in [0.4, 0.5) is 0 Å². The average Bonchev–Trinajstić information content (AvgIpc) is 3.04. The summed E-state index contributed by atoms with van der Waals surface area (Å²) in [5.74, 6) is 0.453. The molecule has 204 valence electrons. The van der Waals surface area contributed by atoms with E-state index in [0.29, 0.717) is 23.6 Å². The molecule has 2 saturated heterocycles. The second kappa shape index (κ2) is 10.4. The van der Waals surface area contributed by atoms with Gasteiger partial charge in [0, 0.05) is 24.2 Å². The van der Waals surface area contributed by atoms with Gasteiger partial charge in [-0.05, 0) is 82.8 Å². The van der Waals surface area contributed by atoms with Gasteiger partial charge < -0.3 is 14.5 Å². The summed E-state index contributed by atoms with van der Waals surface area (Å²) >= 11 is 0. The topological polar surface area (TPSA) is 97.0 Å². The van der Waals surface area contributed by atoms with Gasteiger partial charge in [-0.15, -0.1) is 0 Å². The number of para-hydroxylation sites is 2. The Morgan fingerprint density at radius 1 is 0.947 bits per heavy atom. The zero-order chi connectivity index (χ0) is 26.4. The Labute approximate surface area is 224 Å². The number of nitrogens with zero attached hydrogens (tertiary/aromatic N) is 4. The van der Waals surface area contributed by atoms with Crippen molar-refractivity contribution in [2.75, 3.05) is 0 Å². The average molecular weight is 521 g/mol. The second-order valence-electron chi connectivity index (χ2n) is 12.4. The van der Waals surface area contributed by atoms with E-state index in [2.05, 4.69) is 15.0 Å². The summed E-state index contributed by atoms with van der Waals surface area (Å²) in [4.78, 5) is 38.7. The molecule has 1 aromatic heterocycles. The van der Waals surface area contributed by atoms with Gasteiger partial charge in [0.15, 0.2) is 5.69 Å². The molecule has 0 radical (unpaired) electrons. The third-order valence-corrected chi connectivity index (χ3v) is 9.48. The molecule has 0 amide bonds. The summed E-state index contributed by atoms with van der Waals surface area (Å²) in [5.41, 5.74) is 0.388. The molecule has 5 atom stereocenters. The fourth-order valence-electron chi connectivity index (χ4n) is 8.11. The maximum Gasteiger partial charge on any atom is 0.360 e. The van der Waals surface area contributed by atoms with Crippen molar-refractivity contribution in [3.63, 3.8) is 0 Å². The van der Waals surface area contributed by atoms with Crippen molar-refractivity contribution >= 4 is 22.7 Å². The van der Waals surface area contributed by atoms with E-state index < -0.39 is 17.2 Å². The molecule has 3 heterocycles. The van der Waals surface area contributed by atoms with Crippen molar-refractivity contribution in [1.82, 2.24) is 14.5 Å². The minimum Gasteiger partial charge on any atom is -0.476 e. The normalized spacial score (nSPS) is 31.9. The van der Waals surface area contributed by atoms with Crippen LogP contribution in [0.3, 0.4) is 0 Å². The van der Waals surface area contributed by atoms with Crippen LogP contribution in [0.1, 0.15) is 96.2 Å². The number of fused-ring (bicyclic) bond motifs is 5. The Hall–Kier alpha value is -2.74. The minimum atomic E-state index is -1.31. The van der Waals surface area contributed by atoms with Crippen LogP contribution in [0, 0.1) is 11.8 Å². The van der Waals surface area contributed by atoms with Crippen molar-refractivity contribution < 1.29 is 14.7 Å². The van der Waals surface area contributed by atoms with Crippen molar-refractivity contribution in [3.8, 4) is 0 Å². The van der Waals surface area contributed by atoms with Crippen molar-refractivity contribution in [2.24, 2.45) is 17.0 Å². The summed E-state index contributed by atoms with van der Waals surface area (Å²) < 4.78 is 1.83. The molecule has 4 fully saturated rings. The Kier molecular flexibility index (Phi) is 7.01. The van der Waals surface area contributed by atoms with Crippen LogP contribution in [0.5, 0.6) is 0 Å². The smallest absolute Gasteiger partial charge is 0.360 e. The first-order valence-electron chi connectivity index (χ1n) is 14.6. The minimum absolute atomic E-state index is 0.00910. The molecule has 8 heteroatoms. The van der Waals surface area contributed by atoms with E-state index in [4.69, 9.17) is 4.84 Å². The molecule has 3 unspecified atom stereocenters. The summed E-state index contributed by atoms with van der Waals surface area (Å²) in [5, 5.41) is 13.7. The number of aromatic nitrogens is 2. The Morgan fingerprint density at radius 2 is 1.61 bits per heavy atom. The Balaban J connectivity index is 1.34. The van der Waals surface area contributed by atoms with Crippen LogP contribution in [-0.2, 0) is 9.63 Å². The molecule has 4 aliphatic rings. The number of oxime groups is 1. The number of carboxylic acids is 1. The molecule has 2 aliphatic carbocycles. The van der Waals surface area contributed by atoms with Crippen molar-refractivity contribution in [1.29, 1.82) is 0 Å². The number of hydrogen-bond donors (Lipinski definition) is 1. The van der Waals surface area contributed by atoms with Crippen molar-refractivity contribution in [2.45, 2.75) is 115 Å². The van der Waals surface area contributed by atoms with Gasteiger partial charge >= 0.3 is 5.97 Å². The maximum absolute atomic E-state index is 13.9. The number of piperidine rings is 1. The van der Waals surface area contributed by atoms with Gasteiger partial charge in [-0.1, -0.05) is 43.0 Å². The van der Waals surface area contributed by atoms with Crippen LogP contribution in [0.25, 0.3) is 11.0 Å². The lowest BCUT2D eigenvalue weighted by Crippen LogP contribution is -2.52. The highest BCUT2D eigenvalue weighted by atomic mass is 16.6. The lowest BCUT2D eigenvalue weighted by Gasteiger charge is -2.48. The summed E-state index contributed by atoms with van der Waals surface area (Å²) in [6, 6.07) is 9.18. The molecular formula is C30H40N4O4. The monoisotopic (exact) mass is 520 g/mol. The largest absolute Gasteiger partial charge is 0.476 e. The van der Waals surface area contributed by atoms with E-state index >= 15 is 0 Å². The maximum atomic E-state index is 13.9. The highest BCUT2D eigenvalue weighted by Gasteiger charge is 2.47. The molecule has 38 heavy (non-hydrogen) atoms. The number of carboxylic acid groups (broad SMARTS) is 1. The lowest BCUT2D eigenvalue weighted by molar-refractivity contribution is -0.129. The molecule has 1 aromatic carbocycles. The molecule has 6 rings (SSSR count). The van der Waals surface area contributed by atoms with Gasteiger partial charge in [-0.3, -0.25) is 9.69 Å². The molecule has 0 spiro atoms. The summed E-state index contributed by atoms with van der Waals surface area (Å²) in [7, 11) is 0. The first-order valence-corrected chi connectivity index (χ1v) is 14.6. The van der Waals surface area contributed by atoms with Gasteiger partial charge in [0.25, 0.3) is 5.56 Å². The molecule has 2 saturated carbocycles. The summed E-state index contributed by atoms with van der Waals surface area (Å²) in [6.07, 6.45) is 13.6. The lowest BCUT2D eigenvalue weighted by atomic mass is 9.76.